The molecule has 0 saturated heterocycles. The second-order valence-corrected chi connectivity index (χ2v) is 4.32. The van der Waals surface area contributed by atoms with E-state index in [4.69, 9.17) is 0 Å². The van der Waals surface area contributed by atoms with Crippen molar-refractivity contribution in [2.24, 2.45) is 0 Å². The van der Waals surface area contributed by atoms with Crippen LogP contribution < -0.4 is 0 Å². The van der Waals surface area contributed by atoms with E-state index in [1.165, 1.54) is 32.1 Å². The minimum absolute atomic E-state index is 0.658. The van der Waals surface area contributed by atoms with Gasteiger partial charge in [0.2, 0.25) is 0 Å². The highest BCUT2D eigenvalue weighted by Gasteiger charge is 2.16. The molecule has 3 rings (SSSR count). The number of hydrogen-bond acceptors (Lipinski definition) is 2. The molecule has 2 aromatic rings. The van der Waals surface area contributed by atoms with Gasteiger partial charge in [-0.05, 0) is 18.9 Å². The molecule has 1 saturated carbocycles. The molecule has 0 atom stereocenters. The van der Waals surface area contributed by atoms with E-state index in [1.807, 2.05) is 6.20 Å². The van der Waals surface area contributed by atoms with Crippen LogP contribution in [0.4, 0.5) is 0 Å². The van der Waals surface area contributed by atoms with Gasteiger partial charge in [-0.1, -0.05) is 19.3 Å². The molecule has 2 aromatic heterocycles. The SMILES string of the molecule is c1ncc2ccn(C3CCCCC3)c2n1. The lowest BCUT2D eigenvalue weighted by Crippen LogP contribution is -2.12. The van der Waals surface area contributed by atoms with Crippen molar-refractivity contribution in [3.8, 4) is 0 Å². The van der Waals surface area contributed by atoms with Gasteiger partial charge in [-0.3, -0.25) is 0 Å². The number of rotatable bonds is 1. The minimum Gasteiger partial charge on any atom is -0.329 e. The summed E-state index contributed by atoms with van der Waals surface area (Å²) in [6.07, 6.45) is 12.4. The van der Waals surface area contributed by atoms with Gasteiger partial charge in [0.15, 0.2) is 0 Å². The number of aromatic nitrogens is 3. The monoisotopic (exact) mass is 201 g/mol. The molecule has 0 aromatic carbocycles. The zero-order valence-electron chi connectivity index (χ0n) is 8.76. The van der Waals surface area contributed by atoms with E-state index < -0.39 is 0 Å². The van der Waals surface area contributed by atoms with E-state index >= 15 is 0 Å². The average Bonchev–Trinajstić information content (AvgIpc) is 2.74. The van der Waals surface area contributed by atoms with E-state index in [1.54, 1.807) is 6.33 Å². The van der Waals surface area contributed by atoms with Gasteiger partial charge in [0.25, 0.3) is 0 Å². The second-order valence-electron chi connectivity index (χ2n) is 4.32. The van der Waals surface area contributed by atoms with E-state index in [-0.39, 0.29) is 0 Å². The lowest BCUT2D eigenvalue weighted by Gasteiger charge is -2.23. The van der Waals surface area contributed by atoms with E-state index in [0.717, 1.165) is 11.0 Å². The number of fused-ring (bicyclic) bond motifs is 1. The van der Waals surface area contributed by atoms with Crippen LogP contribution in [0.15, 0.2) is 24.8 Å². The zero-order valence-corrected chi connectivity index (χ0v) is 8.76. The highest BCUT2D eigenvalue weighted by atomic mass is 15.1. The molecule has 0 aliphatic heterocycles. The standard InChI is InChI=1S/C12H15N3/c1-2-4-11(5-3-1)15-7-6-10-8-13-9-14-12(10)15/h6-9,11H,1-5H2. The molecule has 3 nitrogen and oxygen atoms in total. The van der Waals surface area contributed by atoms with Crippen molar-refractivity contribution in [3.63, 3.8) is 0 Å². The first-order chi connectivity index (χ1) is 7.45. The van der Waals surface area contributed by atoms with Crippen molar-refractivity contribution in [1.29, 1.82) is 0 Å². The zero-order chi connectivity index (χ0) is 10.1. The maximum absolute atomic E-state index is 4.37. The molecule has 0 unspecified atom stereocenters. The summed E-state index contributed by atoms with van der Waals surface area (Å²) < 4.78 is 2.33. The predicted molar refractivity (Wildman–Crippen MR) is 59.7 cm³/mol. The Balaban J connectivity index is 2.02. The van der Waals surface area contributed by atoms with Crippen molar-refractivity contribution in [1.82, 2.24) is 14.5 Å². The molecule has 0 spiro atoms. The fourth-order valence-electron chi connectivity index (χ4n) is 2.55. The fraction of sp³-hybridized carbons (Fsp3) is 0.500. The third kappa shape index (κ3) is 1.52. The molecule has 0 amide bonds. The van der Waals surface area contributed by atoms with E-state index in [9.17, 15) is 0 Å². The largest absolute Gasteiger partial charge is 0.329 e. The van der Waals surface area contributed by atoms with Crippen LogP contribution in [0.2, 0.25) is 0 Å². The van der Waals surface area contributed by atoms with Crippen molar-refractivity contribution in [2.45, 2.75) is 38.1 Å². The molecular formula is C12H15N3. The Morgan fingerprint density at radius 2 is 2.07 bits per heavy atom. The topological polar surface area (TPSA) is 30.7 Å². The molecule has 1 aliphatic rings. The van der Waals surface area contributed by atoms with Crippen molar-refractivity contribution < 1.29 is 0 Å². The van der Waals surface area contributed by atoms with Gasteiger partial charge in [0.05, 0.1) is 0 Å². The molecule has 2 heterocycles. The Morgan fingerprint density at radius 3 is 2.93 bits per heavy atom. The number of hydrogen-bond donors (Lipinski definition) is 0. The van der Waals surface area contributed by atoms with Crippen LogP contribution in [0.25, 0.3) is 11.0 Å². The van der Waals surface area contributed by atoms with Gasteiger partial charge in [-0.2, -0.15) is 0 Å². The van der Waals surface area contributed by atoms with Gasteiger partial charge in [0, 0.05) is 23.8 Å². The molecule has 15 heavy (non-hydrogen) atoms. The van der Waals surface area contributed by atoms with Gasteiger partial charge in [0.1, 0.15) is 12.0 Å². The van der Waals surface area contributed by atoms with E-state index in [2.05, 4.69) is 26.8 Å². The Hall–Kier alpha value is -1.38. The summed E-state index contributed by atoms with van der Waals surface area (Å²) >= 11 is 0. The molecular weight excluding hydrogens is 186 g/mol. The highest BCUT2D eigenvalue weighted by Crippen LogP contribution is 2.30. The van der Waals surface area contributed by atoms with Gasteiger partial charge < -0.3 is 4.57 Å². The quantitative estimate of drug-likeness (QED) is 0.710. The fourth-order valence-corrected chi connectivity index (χ4v) is 2.55. The van der Waals surface area contributed by atoms with Crippen LogP contribution >= 0.6 is 0 Å². The first-order valence-corrected chi connectivity index (χ1v) is 5.72. The summed E-state index contributed by atoms with van der Waals surface area (Å²) in [6, 6.07) is 2.77. The Morgan fingerprint density at radius 1 is 1.20 bits per heavy atom. The molecule has 1 aliphatic carbocycles. The maximum atomic E-state index is 4.37. The molecule has 3 heteroatoms. The summed E-state index contributed by atoms with van der Waals surface area (Å²) in [5, 5.41) is 1.16. The second kappa shape index (κ2) is 3.65. The van der Waals surface area contributed by atoms with Crippen molar-refractivity contribution >= 4 is 11.0 Å². The smallest absolute Gasteiger partial charge is 0.143 e. The average molecular weight is 201 g/mol. The first kappa shape index (κ1) is 8.89. The van der Waals surface area contributed by atoms with Crippen LogP contribution in [-0.2, 0) is 0 Å². The minimum atomic E-state index is 0.658. The summed E-state index contributed by atoms with van der Waals surface area (Å²) in [5.74, 6) is 0. The lowest BCUT2D eigenvalue weighted by atomic mass is 9.95. The predicted octanol–water partition coefficient (Wildman–Crippen LogP) is 2.94. The van der Waals surface area contributed by atoms with Crippen LogP contribution in [0.5, 0.6) is 0 Å². The summed E-state index contributed by atoms with van der Waals surface area (Å²) in [6.45, 7) is 0. The molecule has 0 radical (unpaired) electrons. The summed E-state index contributed by atoms with van der Waals surface area (Å²) in [5.41, 5.74) is 1.09. The van der Waals surface area contributed by atoms with E-state index in [0.29, 0.717) is 6.04 Å². The molecule has 1 fully saturated rings. The van der Waals surface area contributed by atoms with Crippen LogP contribution in [0, 0.1) is 0 Å². The maximum Gasteiger partial charge on any atom is 0.143 e. The summed E-state index contributed by atoms with van der Waals surface area (Å²) in [7, 11) is 0. The molecule has 0 N–H and O–H groups in total. The van der Waals surface area contributed by atoms with Gasteiger partial charge >= 0.3 is 0 Å². The van der Waals surface area contributed by atoms with Crippen molar-refractivity contribution in [2.75, 3.05) is 0 Å². The van der Waals surface area contributed by atoms with Crippen molar-refractivity contribution in [3.05, 3.63) is 24.8 Å². The third-order valence-electron chi connectivity index (χ3n) is 3.35. The first-order valence-electron chi connectivity index (χ1n) is 5.72. The Labute approximate surface area is 89.2 Å². The summed E-state index contributed by atoms with van der Waals surface area (Å²) in [4.78, 5) is 8.42. The van der Waals surface area contributed by atoms with Gasteiger partial charge in [-0.15, -0.1) is 0 Å². The number of nitrogens with zero attached hydrogens (tertiary/aromatic N) is 3. The lowest BCUT2D eigenvalue weighted by molar-refractivity contribution is 0.359. The molecule has 0 bridgehead atoms. The molecule has 78 valence electrons. The highest BCUT2D eigenvalue weighted by molar-refractivity contribution is 5.74. The Bertz CT molecular complexity index is 455. The third-order valence-corrected chi connectivity index (χ3v) is 3.35. The van der Waals surface area contributed by atoms with Gasteiger partial charge in [-0.25, -0.2) is 9.97 Å². The van der Waals surface area contributed by atoms with Crippen LogP contribution in [0.3, 0.4) is 0 Å². The van der Waals surface area contributed by atoms with Crippen LogP contribution in [-0.4, -0.2) is 14.5 Å². The normalized spacial score (nSPS) is 18.4. The Kier molecular flexibility index (Phi) is 2.16. The van der Waals surface area contributed by atoms with Crippen LogP contribution in [0.1, 0.15) is 38.1 Å².